The van der Waals surface area contributed by atoms with Crippen molar-refractivity contribution in [2.75, 3.05) is 6.61 Å². The third-order valence-electron chi connectivity index (χ3n) is 3.11. The van der Waals surface area contributed by atoms with E-state index in [0.29, 0.717) is 5.92 Å². The van der Waals surface area contributed by atoms with E-state index in [9.17, 15) is 0 Å². The predicted molar refractivity (Wildman–Crippen MR) is 59.0 cm³/mol. The van der Waals surface area contributed by atoms with Gasteiger partial charge < -0.3 is 4.74 Å². The van der Waals surface area contributed by atoms with E-state index in [4.69, 9.17) is 4.74 Å². The van der Waals surface area contributed by atoms with E-state index in [-0.39, 0.29) is 0 Å². The van der Waals surface area contributed by atoms with Crippen LogP contribution in [0.5, 0.6) is 5.75 Å². The van der Waals surface area contributed by atoms with Crippen molar-refractivity contribution in [2.24, 2.45) is 0 Å². The van der Waals surface area contributed by atoms with Gasteiger partial charge in [-0.2, -0.15) is 0 Å². The Bertz CT molecular complexity index is 317. The van der Waals surface area contributed by atoms with E-state index in [1.54, 1.807) is 0 Å². The largest absolute Gasteiger partial charge is 0.493 e. The molecule has 0 saturated carbocycles. The molecular formula is C13H18O. The summed E-state index contributed by atoms with van der Waals surface area (Å²) >= 11 is 0. The third kappa shape index (κ3) is 1.77. The summed E-state index contributed by atoms with van der Waals surface area (Å²) in [6, 6.07) is 6.66. The molecule has 0 bridgehead atoms. The van der Waals surface area contributed by atoms with E-state index in [0.717, 1.165) is 18.8 Å². The van der Waals surface area contributed by atoms with Crippen molar-refractivity contribution in [3.05, 3.63) is 29.3 Å². The average Bonchev–Trinajstić information content (AvgIpc) is 2.27. The van der Waals surface area contributed by atoms with Gasteiger partial charge in [-0.1, -0.05) is 26.0 Å². The lowest BCUT2D eigenvalue weighted by molar-refractivity contribution is 0.288. The second kappa shape index (κ2) is 4.04. The smallest absolute Gasteiger partial charge is 0.122 e. The van der Waals surface area contributed by atoms with Crippen molar-refractivity contribution in [2.45, 2.75) is 39.0 Å². The molecule has 0 amide bonds. The van der Waals surface area contributed by atoms with Crippen LogP contribution in [-0.4, -0.2) is 6.61 Å². The highest BCUT2D eigenvalue weighted by Gasteiger charge is 2.12. The van der Waals surface area contributed by atoms with Gasteiger partial charge in [0, 0.05) is 0 Å². The predicted octanol–water partition coefficient (Wildman–Crippen LogP) is 3.53. The molecule has 0 aliphatic carbocycles. The maximum atomic E-state index is 5.59. The van der Waals surface area contributed by atoms with Crippen LogP contribution in [0.2, 0.25) is 0 Å². The van der Waals surface area contributed by atoms with Gasteiger partial charge in [-0.3, -0.25) is 0 Å². The zero-order valence-electron chi connectivity index (χ0n) is 9.05. The summed E-state index contributed by atoms with van der Waals surface area (Å²) in [5.74, 6) is 1.77. The summed E-state index contributed by atoms with van der Waals surface area (Å²) in [6.07, 6.45) is 3.55. The molecule has 1 heterocycles. The number of rotatable bonds is 2. The Morgan fingerprint density at radius 1 is 1.43 bits per heavy atom. The molecule has 76 valence electrons. The molecule has 0 radical (unpaired) electrons. The van der Waals surface area contributed by atoms with Crippen LogP contribution in [0.15, 0.2) is 18.2 Å². The minimum atomic E-state index is 0.669. The van der Waals surface area contributed by atoms with Gasteiger partial charge in [0.1, 0.15) is 5.75 Å². The number of benzene rings is 1. The monoisotopic (exact) mass is 190 g/mol. The Morgan fingerprint density at radius 2 is 2.29 bits per heavy atom. The highest BCUT2D eigenvalue weighted by Crippen LogP contribution is 2.29. The zero-order chi connectivity index (χ0) is 9.97. The van der Waals surface area contributed by atoms with Crippen LogP contribution in [-0.2, 0) is 6.42 Å². The molecule has 1 aliphatic rings. The summed E-state index contributed by atoms with van der Waals surface area (Å²) in [6.45, 7) is 5.40. The van der Waals surface area contributed by atoms with Crippen LogP contribution in [0.25, 0.3) is 0 Å². The molecule has 1 heteroatoms. The quantitative estimate of drug-likeness (QED) is 0.693. The molecule has 0 saturated heterocycles. The van der Waals surface area contributed by atoms with Crippen LogP contribution in [0.4, 0.5) is 0 Å². The number of ether oxygens (including phenoxy) is 1. The molecule has 1 aliphatic heterocycles. The standard InChI is InChI=1S/C13H18O/c1-3-10(2)11-6-7-13-12(9-11)5-4-8-14-13/h6-7,9-10H,3-5,8H2,1-2H3. The van der Waals surface area contributed by atoms with Crippen LogP contribution in [0.3, 0.4) is 0 Å². The van der Waals surface area contributed by atoms with Crippen molar-refractivity contribution >= 4 is 0 Å². The number of hydrogen-bond acceptors (Lipinski definition) is 1. The second-order valence-corrected chi connectivity index (χ2v) is 4.13. The van der Waals surface area contributed by atoms with Crippen molar-refractivity contribution < 1.29 is 4.74 Å². The van der Waals surface area contributed by atoms with Crippen molar-refractivity contribution in [3.63, 3.8) is 0 Å². The Kier molecular flexibility index (Phi) is 2.76. The van der Waals surface area contributed by atoms with Gasteiger partial charge in [0.25, 0.3) is 0 Å². The van der Waals surface area contributed by atoms with E-state index in [1.165, 1.54) is 24.0 Å². The molecule has 2 rings (SSSR count). The molecule has 0 fully saturated rings. The van der Waals surface area contributed by atoms with Gasteiger partial charge in [0.05, 0.1) is 6.61 Å². The van der Waals surface area contributed by atoms with Crippen molar-refractivity contribution in [1.82, 2.24) is 0 Å². The maximum Gasteiger partial charge on any atom is 0.122 e. The number of fused-ring (bicyclic) bond motifs is 1. The normalized spacial score (nSPS) is 17.0. The summed E-state index contributed by atoms with van der Waals surface area (Å²) in [7, 11) is 0. The van der Waals surface area contributed by atoms with Crippen LogP contribution in [0.1, 0.15) is 43.7 Å². The SMILES string of the molecule is CCC(C)c1ccc2c(c1)CCCO2. The fraction of sp³-hybridized carbons (Fsp3) is 0.538. The van der Waals surface area contributed by atoms with E-state index in [2.05, 4.69) is 32.0 Å². The summed E-state index contributed by atoms with van der Waals surface area (Å²) < 4.78 is 5.59. The molecule has 1 aromatic carbocycles. The molecule has 1 nitrogen and oxygen atoms in total. The molecule has 0 spiro atoms. The topological polar surface area (TPSA) is 9.23 Å². The number of aryl methyl sites for hydroxylation is 1. The van der Waals surface area contributed by atoms with Gasteiger partial charge in [-0.15, -0.1) is 0 Å². The van der Waals surface area contributed by atoms with Crippen molar-refractivity contribution in [1.29, 1.82) is 0 Å². The lowest BCUT2D eigenvalue weighted by Gasteiger charge is -2.19. The molecule has 1 atom stereocenters. The molecular weight excluding hydrogens is 172 g/mol. The second-order valence-electron chi connectivity index (χ2n) is 4.13. The lowest BCUT2D eigenvalue weighted by atomic mass is 9.94. The summed E-state index contributed by atoms with van der Waals surface area (Å²) in [5.41, 5.74) is 2.85. The Hall–Kier alpha value is -0.980. The highest BCUT2D eigenvalue weighted by atomic mass is 16.5. The van der Waals surface area contributed by atoms with Gasteiger partial charge in [-0.25, -0.2) is 0 Å². The van der Waals surface area contributed by atoms with Gasteiger partial charge >= 0.3 is 0 Å². The summed E-state index contributed by atoms with van der Waals surface area (Å²) in [4.78, 5) is 0. The minimum Gasteiger partial charge on any atom is -0.493 e. The van der Waals surface area contributed by atoms with Crippen LogP contribution >= 0.6 is 0 Å². The van der Waals surface area contributed by atoms with E-state index in [1.807, 2.05) is 0 Å². The van der Waals surface area contributed by atoms with Gasteiger partial charge in [0.2, 0.25) is 0 Å². The Balaban J connectivity index is 2.29. The van der Waals surface area contributed by atoms with E-state index >= 15 is 0 Å². The molecule has 0 aromatic heterocycles. The lowest BCUT2D eigenvalue weighted by Crippen LogP contribution is -2.08. The molecule has 14 heavy (non-hydrogen) atoms. The first-order valence-electron chi connectivity index (χ1n) is 5.57. The van der Waals surface area contributed by atoms with Crippen LogP contribution < -0.4 is 4.74 Å². The van der Waals surface area contributed by atoms with Crippen molar-refractivity contribution in [3.8, 4) is 5.75 Å². The Labute approximate surface area is 86.1 Å². The highest BCUT2D eigenvalue weighted by molar-refractivity contribution is 5.39. The first kappa shape index (κ1) is 9.57. The fourth-order valence-corrected chi connectivity index (χ4v) is 1.92. The average molecular weight is 190 g/mol. The van der Waals surface area contributed by atoms with Gasteiger partial charge in [0.15, 0.2) is 0 Å². The fourth-order valence-electron chi connectivity index (χ4n) is 1.92. The minimum absolute atomic E-state index is 0.669. The first-order chi connectivity index (χ1) is 6.81. The molecule has 1 unspecified atom stereocenters. The van der Waals surface area contributed by atoms with Gasteiger partial charge in [-0.05, 0) is 42.4 Å². The Morgan fingerprint density at radius 3 is 3.07 bits per heavy atom. The molecule has 0 N–H and O–H groups in total. The summed E-state index contributed by atoms with van der Waals surface area (Å²) in [5, 5.41) is 0. The first-order valence-corrected chi connectivity index (χ1v) is 5.57. The number of hydrogen-bond donors (Lipinski definition) is 0. The van der Waals surface area contributed by atoms with E-state index < -0.39 is 0 Å². The molecule has 1 aromatic rings. The maximum absolute atomic E-state index is 5.59. The zero-order valence-corrected chi connectivity index (χ0v) is 9.05. The van der Waals surface area contributed by atoms with Crippen LogP contribution in [0, 0.1) is 0 Å². The third-order valence-corrected chi connectivity index (χ3v) is 3.11.